The Hall–Kier alpha value is -3.30. The highest BCUT2D eigenvalue weighted by molar-refractivity contribution is 7.94. The summed E-state index contributed by atoms with van der Waals surface area (Å²) in [5.74, 6) is 1.29. The molecule has 8 heteroatoms. The normalized spacial score (nSPS) is 11.0. The summed E-state index contributed by atoms with van der Waals surface area (Å²) >= 11 is 1.14. The van der Waals surface area contributed by atoms with Gasteiger partial charge in [0.1, 0.15) is 23.9 Å². The number of ether oxygens (including phenoxy) is 2. The number of nitrogens with two attached hydrogens (primary N) is 1. The molecule has 0 fully saturated rings. The zero-order valence-corrected chi connectivity index (χ0v) is 21.8. The van der Waals surface area contributed by atoms with E-state index in [1.54, 1.807) is 12.1 Å². The number of rotatable bonds is 13. The van der Waals surface area contributed by atoms with E-state index in [1.807, 2.05) is 55.5 Å². The van der Waals surface area contributed by atoms with Gasteiger partial charge in [0, 0.05) is 21.8 Å². The molecule has 0 saturated heterocycles. The van der Waals surface area contributed by atoms with Gasteiger partial charge >= 0.3 is 0 Å². The maximum Gasteiger partial charge on any atom is 0.123 e. The average molecular weight is 523 g/mol. The molecule has 1 aromatic heterocycles. The molecule has 3 aromatic carbocycles. The van der Waals surface area contributed by atoms with Gasteiger partial charge in [-0.1, -0.05) is 12.1 Å². The zero-order chi connectivity index (χ0) is 26.0. The van der Waals surface area contributed by atoms with Gasteiger partial charge < -0.3 is 19.8 Å². The van der Waals surface area contributed by atoms with E-state index in [9.17, 15) is 4.39 Å². The van der Waals surface area contributed by atoms with Crippen LogP contribution in [0, 0.1) is 12.7 Å². The minimum absolute atomic E-state index is 0.273. The van der Waals surface area contributed by atoms with Crippen LogP contribution in [-0.4, -0.2) is 24.8 Å². The van der Waals surface area contributed by atoms with Crippen LogP contribution in [0.4, 0.5) is 4.39 Å². The third-order valence-corrected chi connectivity index (χ3v) is 6.54. The molecule has 1 heterocycles. The van der Waals surface area contributed by atoms with Crippen molar-refractivity contribution in [2.75, 3.05) is 20.3 Å². The van der Waals surface area contributed by atoms with Crippen molar-refractivity contribution in [3.8, 4) is 28.4 Å². The van der Waals surface area contributed by atoms with Crippen LogP contribution in [0.25, 0.3) is 16.9 Å². The zero-order valence-electron chi connectivity index (χ0n) is 21.0. The maximum atomic E-state index is 13.7. The van der Waals surface area contributed by atoms with Crippen molar-refractivity contribution in [1.29, 1.82) is 0 Å². The Morgan fingerprint density at radius 3 is 2.19 bits per heavy atom. The van der Waals surface area contributed by atoms with Crippen LogP contribution in [-0.2, 0) is 15.8 Å². The van der Waals surface area contributed by atoms with Gasteiger partial charge in [0.2, 0.25) is 0 Å². The minimum atomic E-state index is -0.273. The summed E-state index contributed by atoms with van der Waals surface area (Å²) in [6, 6.07) is 24.2. The van der Waals surface area contributed by atoms with Crippen LogP contribution in [0.2, 0.25) is 0 Å². The molecule has 194 valence electrons. The molecular weight excluding hydrogens is 491 g/mol. The van der Waals surface area contributed by atoms with Crippen molar-refractivity contribution in [1.82, 2.24) is 4.57 Å². The fraction of sp³-hybridized carbons (Fsp3) is 0.241. The van der Waals surface area contributed by atoms with Crippen molar-refractivity contribution < 1.29 is 23.1 Å². The second-order valence-electron chi connectivity index (χ2n) is 8.40. The van der Waals surface area contributed by atoms with E-state index in [0.29, 0.717) is 19.8 Å². The molecule has 4 aromatic rings. The van der Waals surface area contributed by atoms with Gasteiger partial charge in [-0.15, -0.1) is 0 Å². The van der Waals surface area contributed by atoms with E-state index in [0.717, 1.165) is 69.5 Å². The predicted octanol–water partition coefficient (Wildman–Crippen LogP) is 6.87. The van der Waals surface area contributed by atoms with E-state index < -0.39 is 0 Å². The summed E-state index contributed by atoms with van der Waals surface area (Å²) in [5.41, 5.74) is 10.4. The molecule has 6 nitrogen and oxygen atoms in total. The molecule has 0 aliphatic carbocycles. The number of hydrogen-bond acceptors (Lipinski definition) is 6. The van der Waals surface area contributed by atoms with Gasteiger partial charge in [-0.25, -0.2) is 9.28 Å². The molecular formula is C29H31FN2O4S. The Morgan fingerprint density at radius 1 is 0.865 bits per heavy atom. The fourth-order valence-electron chi connectivity index (χ4n) is 3.92. The number of aromatic nitrogens is 1. The summed E-state index contributed by atoms with van der Waals surface area (Å²) < 4.78 is 32.6. The van der Waals surface area contributed by atoms with Gasteiger partial charge in [0.05, 0.1) is 31.5 Å². The van der Waals surface area contributed by atoms with E-state index in [2.05, 4.69) is 15.5 Å². The van der Waals surface area contributed by atoms with Crippen LogP contribution in [0.1, 0.15) is 24.1 Å². The largest absolute Gasteiger partial charge is 0.494 e. The van der Waals surface area contributed by atoms with Gasteiger partial charge in [-0.3, -0.25) is 0 Å². The summed E-state index contributed by atoms with van der Waals surface area (Å²) in [4.78, 5) is 5.58. The predicted molar refractivity (Wildman–Crippen MR) is 144 cm³/mol. The van der Waals surface area contributed by atoms with E-state index in [4.69, 9.17) is 19.5 Å². The number of benzene rings is 3. The second-order valence-corrected chi connectivity index (χ2v) is 9.17. The van der Waals surface area contributed by atoms with Crippen LogP contribution in [0.15, 0.2) is 83.8 Å². The van der Waals surface area contributed by atoms with Crippen LogP contribution in [0.5, 0.6) is 11.5 Å². The maximum absolute atomic E-state index is 13.7. The number of nitrogens with zero attached hydrogens (tertiary/aromatic N) is 1. The second kappa shape index (κ2) is 13.3. The Bertz CT molecular complexity index is 1260. The highest BCUT2D eigenvalue weighted by Gasteiger charge is 2.16. The smallest absolute Gasteiger partial charge is 0.123 e. The van der Waals surface area contributed by atoms with Crippen molar-refractivity contribution >= 4 is 12.0 Å². The monoisotopic (exact) mass is 522 g/mol. The van der Waals surface area contributed by atoms with Crippen molar-refractivity contribution in [2.45, 2.75) is 31.3 Å². The molecule has 0 spiro atoms. The SMILES string of the molecule is COOSc1ccc(-c2cc(COc3ccc(OCCCCN)cc3)c(C)n2-c2ccc(F)cc2)cc1. The summed E-state index contributed by atoms with van der Waals surface area (Å²) in [7, 11) is 1.47. The molecule has 0 saturated carbocycles. The highest BCUT2D eigenvalue weighted by atomic mass is 32.2. The Labute approximate surface area is 221 Å². The van der Waals surface area contributed by atoms with E-state index in [-0.39, 0.29) is 5.82 Å². The highest BCUT2D eigenvalue weighted by Crippen LogP contribution is 2.32. The first kappa shape index (κ1) is 26.8. The topological polar surface area (TPSA) is 67.9 Å². The van der Waals surface area contributed by atoms with E-state index >= 15 is 0 Å². The van der Waals surface area contributed by atoms with Crippen molar-refractivity contribution in [3.63, 3.8) is 0 Å². The van der Waals surface area contributed by atoms with Crippen molar-refractivity contribution in [2.24, 2.45) is 5.73 Å². The van der Waals surface area contributed by atoms with E-state index in [1.165, 1.54) is 19.2 Å². The van der Waals surface area contributed by atoms with Crippen LogP contribution in [0.3, 0.4) is 0 Å². The lowest BCUT2D eigenvalue weighted by Crippen LogP contribution is -2.03. The third kappa shape index (κ3) is 7.14. The molecule has 0 amide bonds. The van der Waals surface area contributed by atoms with Crippen molar-refractivity contribution in [3.05, 3.63) is 95.9 Å². The Kier molecular flexibility index (Phi) is 9.62. The lowest BCUT2D eigenvalue weighted by molar-refractivity contribution is -0.160. The van der Waals surface area contributed by atoms with Crippen LogP contribution >= 0.6 is 12.0 Å². The molecule has 0 radical (unpaired) electrons. The summed E-state index contributed by atoms with van der Waals surface area (Å²) in [5, 5.41) is 0. The first-order chi connectivity index (χ1) is 18.1. The molecule has 0 aliphatic heterocycles. The van der Waals surface area contributed by atoms with Gasteiger partial charge in [0.25, 0.3) is 0 Å². The van der Waals surface area contributed by atoms with Gasteiger partial charge in [-0.05, 0) is 98.6 Å². The van der Waals surface area contributed by atoms with Crippen LogP contribution < -0.4 is 15.2 Å². The average Bonchev–Trinajstić information content (AvgIpc) is 3.26. The number of hydrogen-bond donors (Lipinski definition) is 1. The quantitative estimate of drug-likeness (QED) is 0.0894. The molecule has 37 heavy (non-hydrogen) atoms. The molecule has 0 bridgehead atoms. The fourth-order valence-corrected chi connectivity index (χ4v) is 4.32. The third-order valence-electron chi connectivity index (χ3n) is 5.87. The lowest BCUT2D eigenvalue weighted by atomic mass is 10.1. The van der Waals surface area contributed by atoms with Gasteiger partial charge in [0.15, 0.2) is 0 Å². The Balaban J connectivity index is 1.54. The molecule has 0 aliphatic rings. The summed E-state index contributed by atoms with van der Waals surface area (Å²) in [6.07, 6.45) is 1.88. The molecule has 0 unspecified atom stereocenters. The number of unbranched alkanes of at least 4 members (excludes halogenated alkanes) is 1. The first-order valence-corrected chi connectivity index (χ1v) is 12.8. The Morgan fingerprint density at radius 2 is 1.54 bits per heavy atom. The standard InChI is InChI=1S/C29H31FN2O4S/c1-21-23(20-35-27-13-11-26(12-14-27)34-18-4-3-17-31)19-29(32(21)25-9-7-24(30)8-10-25)22-5-15-28(16-6-22)37-36-33-2/h5-16,19H,3-4,17-18,20,31H2,1-2H3. The molecule has 0 atom stereocenters. The van der Waals surface area contributed by atoms with Gasteiger partial charge in [-0.2, -0.15) is 4.33 Å². The minimum Gasteiger partial charge on any atom is -0.494 e. The lowest BCUT2D eigenvalue weighted by Gasteiger charge is -2.13. The summed E-state index contributed by atoms with van der Waals surface area (Å²) in [6.45, 7) is 3.75. The number of halogens is 1. The molecule has 4 rings (SSSR count). The molecule has 2 N–H and O–H groups in total. The first-order valence-electron chi connectivity index (χ1n) is 12.1.